The molecule has 1 aromatic rings. The van der Waals surface area contributed by atoms with Gasteiger partial charge in [0.1, 0.15) is 0 Å². The van der Waals surface area contributed by atoms with Gasteiger partial charge in [0.15, 0.2) is 0 Å². The van der Waals surface area contributed by atoms with Gasteiger partial charge in [0, 0.05) is 13.1 Å². The third-order valence-electron chi connectivity index (χ3n) is 2.68. The van der Waals surface area contributed by atoms with Gasteiger partial charge in [0.25, 0.3) is 0 Å². The molecule has 0 unspecified atom stereocenters. The summed E-state index contributed by atoms with van der Waals surface area (Å²) in [5, 5.41) is 17.5. The van der Waals surface area contributed by atoms with Crippen LogP contribution in [0.2, 0.25) is 0 Å². The van der Waals surface area contributed by atoms with Crippen LogP contribution >= 0.6 is 11.3 Å². The molecule has 80 valence electrons. The van der Waals surface area contributed by atoms with Crippen molar-refractivity contribution in [1.29, 1.82) is 0 Å². The summed E-state index contributed by atoms with van der Waals surface area (Å²) >= 11 is 1.71. The fourth-order valence-corrected chi connectivity index (χ4v) is 2.00. The molecule has 0 atom stereocenters. The summed E-state index contributed by atoms with van der Waals surface area (Å²) in [6.45, 7) is 5.58. The van der Waals surface area contributed by atoms with E-state index in [0.717, 1.165) is 19.4 Å². The maximum absolute atomic E-state index is 10.00. The summed E-state index contributed by atoms with van der Waals surface area (Å²) in [7, 11) is 0. The lowest BCUT2D eigenvalue weighted by Crippen LogP contribution is -2.39. The van der Waals surface area contributed by atoms with Crippen molar-refractivity contribution in [2.75, 3.05) is 6.54 Å². The van der Waals surface area contributed by atoms with Gasteiger partial charge in [-0.3, -0.25) is 0 Å². The van der Waals surface area contributed by atoms with Crippen molar-refractivity contribution in [2.24, 2.45) is 0 Å². The number of aliphatic hydroxyl groups is 1. The fourth-order valence-electron chi connectivity index (χ4n) is 1.33. The van der Waals surface area contributed by atoms with E-state index in [2.05, 4.69) is 22.1 Å². The van der Waals surface area contributed by atoms with Crippen molar-refractivity contribution >= 4 is 11.3 Å². The predicted molar refractivity (Wildman–Crippen MR) is 61.6 cm³/mol. The molecule has 0 bridgehead atoms. The van der Waals surface area contributed by atoms with Crippen LogP contribution in [0.25, 0.3) is 0 Å². The van der Waals surface area contributed by atoms with Crippen molar-refractivity contribution in [2.45, 2.75) is 38.8 Å². The number of nitrogens with one attached hydrogen (secondary N) is 1. The predicted octanol–water partition coefficient (Wildman–Crippen LogP) is 2.39. The molecule has 0 amide bonds. The van der Waals surface area contributed by atoms with Gasteiger partial charge in [0.2, 0.25) is 0 Å². The molecule has 0 aromatic carbocycles. The zero-order chi connectivity index (χ0) is 10.4. The Morgan fingerprint density at radius 1 is 1.43 bits per heavy atom. The summed E-state index contributed by atoms with van der Waals surface area (Å²) in [4.78, 5) is 0. The van der Waals surface area contributed by atoms with Gasteiger partial charge in [0.05, 0.1) is 5.60 Å². The maximum Gasteiger partial charge on any atom is 0.0766 e. The first-order valence-corrected chi connectivity index (χ1v) is 6.08. The van der Waals surface area contributed by atoms with E-state index >= 15 is 0 Å². The van der Waals surface area contributed by atoms with E-state index in [1.165, 1.54) is 5.56 Å². The molecule has 0 saturated heterocycles. The molecule has 2 nitrogen and oxygen atoms in total. The van der Waals surface area contributed by atoms with Crippen LogP contribution in [0.15, 0.2) is 16.8 Å². The molecule has 14 heavy (non-hydrogen) atoms. The van der Waals surface area contributed by atoms with Gasteiger partial charge in [-0.2, -0.15) is 11.3 Å². The Morgan fingerprint density at radius 3 is 2.64 bits per heavy atom. The summed E-state index contributed by atoms with van der Waals surface area (Å²) in [5.41, 5.74) is 0.764. The first-order chi connectivity index (χ1) is 6.70. The molecule has 0 aliphatic carbocycles. The fraction of sp³-hybridized carbons (Fsp3) is 0.636. The number of hydrogen-bond donors (Lipinski definition) is 2. The average Bonchev–Trinajstić information content (AvgIpc) is 2.70. The largest absolute Gasteiger partial charge is 0.389 e. The van der Waals surface area contributed by atoms with Crippen molar-refractivity contribution in [3.63, 3.8) is 0 Å². The molecule has 1 aromatic heterocycles. The summed E-state index contributed by atoms with van der Waals surface area (Å²) < 4.78 is 0. The highest BCUT2D eigenvalue weighted by molar-refractivity contribution is 7.07. The molecular weight excluding hydrogens is 194 g/mol. The lowest BCUT2D eigenvalue weighted by atomic mass is 9.97. The van der Waals surface area contributed by atoms with E-state index in [9.17, 15) is 5.11 Å². The molecule has 0 fully saturated rings. The summed E-state index contributed by atoms with van der Waals surface area (Å²) in [6.07, 6.45) is 1.61. The molecule has 0 saturated carbocycles. The monoisotopic (exact) mass is 213 g/mol. The SMILES string of the molecule is CCC(O)(CC)CNCc1ccsc1. The minimum atomic E-state index is -0.532. The first-order valence-electron chi connectivity index (χ1n) is 5.14. The Kier molecular flexibility index (Phi) is 4.58. The Balaban J connectivity index is 2.27. The minimum absolute atomic E-state index is 0.532. The molecule has 2 N–H and O–H groups in total. The highest BCUT2D eigenvalue weighted by atomic mass is 32.1. The molecule has 1 rings (SSSR count). The third-order valence-corrected chi connectivity index (χ3v) is 3.41. The Hall–Kier alpha value is -0.380. The lowest BCUT2D eigenvalue weighted by molar-refractivity contribution is 0.0323. The summed E-state index contributed by atoms with van der Waals surface area (Å²) in [5.74, 6) is 0. The first kappa shape index (κ1) is 11.7. The van der Waals surface area contributed by atoms with E-state index in [-0.39, 0.29) is 0 Å². The second-order valence-electron chi connectivity index (χ2n) is 3.67. The van der Waals surface area contributed by atoms with Crippen molar-refractivity contribution in [1.82, 2.24) is 5.32 Å². The molecule has 0 spiro atoms. The topological polar surface area (TPSA) is 32.3 Å². The number of thiophene rings is 1. The third kappa shape index (κ3) is 3.40. The normalized spacial score (nSPS) is 11.9. The standard InChI is InChI=1S/C11H19NOS/c1-3-11(13,4-2)9-12-7-10-5-6-14-8-10/h5-6,8,12-13H,3-4,7,9H2,1-2H3. The Labute approximate surface area is 90.0 Å². The second-order valence-corrected chi connectivity index (χ2v) is 4.45. The van der Waals surface area contributed by atoms with Crippen LogP contribution in [0.4, 0.5) is 0 Å². The van der Waals surface area contributed by atoms with Gasteiger partial charge >= 0.3 is 0 Å². The second kappa shape index (κ2) is 5.49. The average molecular weight is 213 g/mol. The van der Waals surface area contributed by atoms with Gasteiger partial charge in [-0.1, -0.05) is 13.8 Å². The van der Waals surface area contributed by atoms with Crippen molar-refractivity contribution in [3.8, 4) is 0 Å². The van der Waals surface area contributed by atoms with Gasteiger partial charge in [-0.25, -0.2) is 0 Å². The van der Waals surface area contributed by atoms with Crippen molar-refractivity contribution < 1.29 is 5.11 Å². The quantitative estimate of drug-likeness (QED) is 0.760. The van der Waals surface area contributed by atoms with Crippen LogP contribution in [0.5, 0.6) is 0 Å². The Bertz CT molecular complexity index is 242. The smallest absolute Gasteiger partial charge is 0.0766 e. The molecule has 0 radical (unpaired) electrons. The summed E-state index contributed by atoms with van der Waals surface area (Å²) in [6, 6.07) is 2.11. The van der Waals surface area contributed by atoms with Crippen molar-refractivity contribution in [3.05, 3.63) is 22.4 Å². The lowest BCUT2D eigenvalue weighted by Gasteiger charge is -2.25. The van der Waals surface area contributed by atoms with Crippen LogP contribution in [0.3, 0.4) is 0 Å². The van der Waals surface area contributed by atoms with Crippen LogP contribution < -0.4 is 5.32 Å². The molecular formula is C11H19NOS. The zero-order valence-corrected chi connectivity index (χ0v) is 9.73. The zero-order valence-electron chi connectivity index (χ0n) is 8.92. The molecule has 3 heteroatoms. The van der Waals surface area contributed by atoms with Gasteiger partial charge in [-0.05, 0) is 35.2 Å². The maximum atomic E-state index is 10.00. The van der Waals surface area contributed by atoms with E-state index < -0.39 is 5.60 Å². The van der Waals surface area contributed by atoms with Gasteiger partial charge in [-0.15, -0.1) is 0 Å². The van der Waals surface area contributed by atoms with E-state index in [1.807, 2.05) is 13.8 Å². The molecule has 0 aliphatic rings. The van der Waals surface area contributed by atoms with E-state index in [1.54, 1.807) is 11.3 Å². The number of rotatable bonds is 6. The van der Waals surface area contributed by atoms with E-state index in [0.29, 0.717) is 6.54 Å². The number of hydrogen-bond acceptors (Lipinski definition) is 3. The highest BCUT2D eigenvalue weighted by Gasteiger charge is 2.20. The van der Waals surface area contributed by atoms with Crippen LogP contribution in [0.1, 0.15) is 32.3 Å². The van der Waals surface area contributed by atoms with Crippen LogP contribution in [-0.4, -0.2) is 17.3 Å². The molecule has 0 aliphatic heterocycles. The highest BCUT2D eigenvalue weighted by Crippen LogP contribution is 2.13. The van der Waals surface area contributed by atoms with Crippen LogP contribution in [0, 0.1) is 0 Å². The van der Waals surface area contributed by atoms with Gasteiger partial charge < -0.3 is 10.4 Å². The minimum Gasteiger partial charge on any atom is -0.389 e. The van der Waals surface area contributed by atoms with E-state index in [4.69, 9.17) is 0 Å². The van der Waals surface area contributed by atoms with Crippen LogP contribution in [-0.2, 0) is 6.54 Å². The Morgan fingerprint density at radius 2 is 2.14 bits per heavy atom. The molecule has 1 heterocycles.